The number of hydrogen-bond acceptors (Lipinski definition) is 3. The Morgan fingerprint density at radius 1 is 1.13 bits per heavy atom. The molecule has 0 aromatic heterocycles. The fraction of sp³-hybridized carbons (Fsp3) is 1.00. The molecule has 84 valence electrons. The van der Waals surface area contributed by atoms with Crippen molar-refractivity contribution in [2.24, 2.45) is 23.7 Å². The predicted molar refractivity (Wildman–Crippen MR) is 53.1 cm³/mol. The molecule has 15 heavy (non-hydrogen) atoms. The van der Waals surface area contributed by atoms with Crippen LogP contribution in [0.1, 0.15) is 25.7 Å². The van der Waals surface area contributed by atoms with E-state index in [1.165, 1.54) is 19.3 Å². The van der Waals surface area contributed by atoms with Gasteiger partial charge in [0.15, 0.2) is 5.79 Å². The zero-order chi connectivity index (χ0) is 10.0. The van der Waals surface area contributed by atoms with Crippen molar-refractivity contribution in [3.8, 4) is 0 Å². The van der Waals surface area contributed by atoms with Gasteiger partial charge in [-0.1, -0.05) is 6.42 Å². The van der Waals surface area contributed by atoms with E-state index >= 15 is 0 Å². The Morgan fingerprint density at radius 3 is 2.73 bits per heavy atom. The first-order valence-electron chi connectivity index (χ1n) is 6.29. The number of rotatable bonds is 0. The molecular formula is C12H18O3. The van der Waals surface area contributed by atoms with Crippen LogP contribution in [0.5, 0.6) is 0 Å². The molecule has 4 aliphatic carbocycles. The maximum absolute atomic E-state index is 10.1. The van der Waals surface area contributed by atoms with E-state index in [1.54, 1.807) is 0 Å². The first-order chi connectivity index (χ1) is 7.33. The molecule has 4 bridgehead atoms. The zero-order valence-corrected chi connectivity index (χ0v) is 8.89. The van der Waals surface area contributed by atoms with E-state index < -0.39 is 0 Å². The highest BCUT2D eigenvalue weighted by molar-refractivity contribution is 5.15. The van der Waals surface area contributed by atoms with E-state index in [4.69, 9.17) is 9.47 Å². The summed E-state index contributed by atoms with van der Waals surface area (Å²) in [7, 11) is 0. The van der Waals surface area contributed by atoms with Crippen LogP contribution in [0, 0.1) is 23.7 Å². The molecule has 4 saturated carbocycles. The molecule has 3 heteroatoms. The number of aliphatic hydroxyl groups excluding tert-OH is 1. The quantitative estimate of drug-likeness (QED) is 0.652. The van der Waals surface area contributed by atoms with Gasteiger partial charge < -0.3 is 14.6 Å². The van der Waals surface area contributed by atoms with Gasteiger partial charge in [-0.2, -0.15) is 0 Å². The van der Waals surface area contributed by atoms with Crippen LogP contribution in [0.3, 0.4) is 0 Å². The minimum absolute atomic E-state index is 0.0799. The summed E-state index contributed by atoms with van der Waals surface area (Å²) in [5.41, 5.74) is 0. The third-order valence-electron chi connectivity index (χ3n) is 5.19. The summed E-state index contributed by atoms with van der Waals surface area (Å²) in [4.78, 5) is 0. The maximum atomic E-state index is 10.1. The normalized spacial score (nSPS) is 55.4. The summed E-state index contributed by atoms with van der Waals surface area (Å²) in [6, 6.07) is 0. The second-order valence-electron chi connectivity index (χ2n) is 5.62. The third kappa shape index (κ3) is 0.891. The van der Waals surface area contributed by atoms with Gasteiger partial charge in [-0.05, 0) is 25.2 Å². The minimum Gasteiger partial charge on any atom is -0.393 e. The maximum Gasteiger partial charge on any atom is 0.175 e. The van der Waals surface area contributed by atoms with Crippen molar-refractivity contribution >= 4 is 0 Å². The van der Waals surface area contributed by atoms with Crippen molar-refractivity contribution in [2.75, 3.05) is 13.2 Å². The monoisotopic (exact) mass is 210 g/mol. The average Bonchev–Trinajstić information content (AvgIpc) is 2.68. The van der Waals surface area contributed by atoms with E-state index in [1.807, 2.05) is 0 Å². The Kier molecular flexibility index (Phi) is 1.65. The van der Waals surface area contributed by atoms with Crippen molar-refractivity contribution in [1.82, 2.24) is 0 Å². The fourth-order valence-electron chi connectivity index (χ4n) is 4.82. The van der Waals surface area contributed by atoms with Crippen LogP contribution in [0.4, 0.5) is 0 Å². The Bertz CT molecular complexity index is 285. The van der Waals surface area contributed by atoms with Gasteiger partial charge in [0.1, 0.15) is 0 Å². The van der Waals surface area contributed by atoms with E-state index in [-0.39, 0.29) is 11.9 Å². The number of ether oxygens (including phenoxy) is 2. The molecule has 5 fully saturated rings. The number of hydrogen-bond donors (Lipinski definition) is 1. The molecule has 5 rings (SSSR count). The van der Waals surface area contributed by atoms with Crippen molar-refractivity contribution in [3.63, 3.8) is 0 Å². The van der Waals surface area contributed by atoms with Gasteiger partial charge in [0.05, 0.1) is 19.3 Å². The highest BCUT2D eigenvalue weighted by atomic mass is 16.7. The molecular weight excluding hydrogens is 192 g/mol. The molecule has 0 aromatic rings. The molecule has 1 spiro atoms. The number of fused-ring (bicyclic) bond motifs is 2. The van der Waals surface area contributed by atoms with Crippen molar-refractivity contribution < 1.29 is 14.6 Å². The molecule has 0 aromatic carbocycles. The second-order valence-corrected chi connectivity index (χ2v) is 5.62. The van der Waals surface area contributed by atoms with Crippen molar-refractivity contribution in [1.29, 1.82) is 0 Å². The molecule has 1 saturated heterocycles. The second kappa shape index (κ2) is 2.76. The molecule has 0 radical (unpaired) electrons. The first-order valence-corrected chi connectivity index (χ1v) is 6.29. The Morgan fingerprint density at radius 2 is 1.93 bits per heavy atom. The van der Waals surface area contributed by atoms with Crippen LogP contribution in [0.2, 0.25) is 0 Å². The standard InChI is InChI=1S/C12H18O3/c13-9-6-7-2-1-3-8-10(9)11(7)12(8)14-4-5-15-12/h7-11,13H,1-6H2/t7?,8-,9?,10?,11+/m0/s1. The number of aliphatic hydroxyl groups is 1. The Balaban J connectivity index is 1.75. The van der Waals surface area contributed by atoms with Crippen LogP contribution in [-0.4, -0.2) is 30.2 Å². The summed E-state index contributed by atoms with van der Waals surface area (Å²) in [5, 5.41) is 10.1. The SMILES string of the molecule is OC1CC2CCC[C@H]3C1[C@@H]2C31OCCO1. The van der Waals surface area contributed by atoms with E-state index in [0.29, 0.717) is 23.7 Å². The van der Waals surface area contributed by atoms with Gasteiger partial charge in [0, 0.05) is 17.8 Å². The van der Waals surface area contributed by atoms with Crippen molar-refractivity contribution in [3.05, 3.63) is 0 Å². The van der Waals surface area contributed by atoms with E-state index in [2.05, 4.69) is 0 Å². The summed E-state index contributed by atoms with van der Waals surface area (Å²) < 4.78 is 11.8. The zero-order valence-electron chi connectivity index (χ0n) is 8.89. The fourth-order valence-corrected chi connectivity index (χ4v) is 4.82. The lowest BCUT2D eigenvalue weighted by molar-refractivity contribution is -0.324. The predicted octanol–water partition coefficient (Wildman–Crippen LogP) is 1.16. The molecule has 5 atom stereocenters. The summed E-state index contributed by atoms with van der Waals surface area (Å²) in [6.07, 6.45) is 4.66. The Hall–Kier alpha value is -0.120. The molecule has 3 nitrogen and oxygen atoms in total. The van der Waals surface area contributed by atoms with Gasteiger partial charge in [-0.15, -0.1) is 0 Å². The minimum atomic E-state index is -0.261. The smallest absolute Gasteiger partial charge is 0.175 e. The van der Waals surface area contributed by atoms with Gasteiger partial charge in [-0.3, -0.25) is 0 Å². The van der Waals surface area contributed by atoms with Gasteiger partial charge in [0.25, 0.3) is 0 Å². The summed E-state index contributed by atoms with van der Waals surface area (Å²) >= 11 is 0. The lowest BCUT2D eigenvalue weighted by Gasteiger charge is -2.56. The average molecular weight is 210 g/mol. The van der Waals surface area contributed by atoms with Crippen LogP contribution in [-0.2, 0) is 9.47 Å². The third-order valence-corrected chi connectivity index (χ3v) is 5.19. The Labute approximate surface area is 89.8 Å². The van der Waals surface area contributed by atoms with Gasteiger partial charge in [-0.25, -0.2) is 0 Å². The van der Waals surface area contributed by atoms with Crippen LogP contribution in [0.25, 0.3) is 0 Å². The molecule has 1 aliphatic heterocycles. The summed E-state index contributed by atoms with van der Waals surface area (Å²) in [6.45, 7) is 1.51. The van der Waals surface area contributed by atoms with Gasteiger partial charge >= 0.3 is 0 Å². The molecule has 5 aliphatic rings. The van der Waals surface area contributed by atoms with Crippen molar-refractivity contribution in [2.45, 2.75) is 37.6 Å². The topological polar surface area (TPSA) is 38.7 Å². The largest absolute Gasteiger partial charge is 0.393 e. The molecule has 1 N–H and O–H groups in total. The van der Waals surface area contributed by atoms with E-state index in [9.17, 15) is 5.11 Å². The highest BCUT2D eigenvalue weighted by Gasteiger charge is 2.72. The van der Waals surface area contributed by atoms with Crippen LogP contribution >= 0.6 is 0 Å². The molecule has 0 amide bonds. The molecule has 3 unspecified atom stereocenters. The van der Waals surface area contributed by atoms with Crippen LogP contribution < -0.4 is 0 Å². The lowest BCUT2D eigenvalue weighted by Crippen LogP contribution is -2.63. The molecule has 1 heterocycles. The first kappa shape index (κ1) is 8.97. The van der Waals surface area contributed by atoms with Crippen LogP contribution in [0.15, 0.2) is 0 Å². The van der Waals surface area contributed by atoms with Gasteiger partial charge in [0.2, 0.25) is 0 Å². The highest BCUT2D eigenvalue weighted by Crippen LogP contribution is 2.67. The summed E-state index contributed by atoms with van der Waals surface area (Å²) in [5.74, 6) is 1.86. The van der Waals surface area contributed by atoms with E-state index in [0.717, 1.165) is 19.6 Å². The lowest BCUT2D eigenvalue weighted by atomic mass is 9.59.